The summed E-state index contributed by atoms with van der Waals surface area (Å²) in [7, 11) is 0. The summed E-state index contributed by atoms with van der Waals surface area (Å²) in [4.78, 5) is 19.9. The number of imidazole rings is 1. The number of hydrogen-bond donors (Lipinski definition) is 2. The fraction of sp³-hybridized carbons (Fsp3) is 0. The summed E-state index contributed by atoms with van der Waals surface area (Å²) in [6.07, 6.45) is 3.46. The van der Waals surface area contributed by atoms with Crippen molar-refractivity contribution >= 4 is 34.2 Å². The predicted octanol–water partition coefficient (Wildman–Crippen LogP) is 3.65. The number of halogens is 1. The Hall–Kier alpha value is -3.12. The van der Waals surface area contributed by atoms with Gasteiger partial charge in [0.2, 0.25) is 5.95 Å². The van der Waals surface area contributed by atoms with E-state index in [4.69, 9.17) is 11.6 Å². The number of aromatic amines is 1. The Bertz CT molecular complexity index is 1010. The van der Waals surface area contributed by atoms with Crippen LogP contribution >= 0.6 is 11.6 Å². The van der Waals surface area contributed by atoms with E-state index >= 15 is 0 Å². The molecule has 2 N–H and O–H groups in total. The second kappa shape index (κ2) is 5.82. The fourth-order valence-corrected chi connectivity index (χ4v) is 2.61. The third-order valence-corrected chi connectivity index (χ3v) is 3.88. The van der Waals surface area contributed by atoms with Gasteiger partial charge in [-0.05, 0) is 30.3 Å². The Balaban J connectivity index is 1.69. The lowest BCUT2D eigenvalue weighted by Gasteiger charge is -2.07. The summed E-state index contributed by atoms with van der Waals surface area (Å²) in [6, 6.07) is 14.2. The lowest BCUT2D eigenvalue weighted by molar-refractivity contribution is 0.102. The van der Waals surface area contributed by atoms with E-state index in [1.54, 1.807) is 41.3 Å². The van der Waals surface area contributed by atoms with Crippen molar-refractivity contribution in [3.8, 4) is 5.95 Å². The number of carbonyl (C=O) groups excluding carboxylic acids is 1. The molecule has 0 spiro atoms. The Kier molecular flexibility index (Phi) is 3.51. The maximum Gasteiger partial charge on any atom is 0.255 e. The molecule has 0 radical (unpaired) electrons. The van der Waals surface area contributed by atoms with Crippen molar-refractivity contribution < 1.29 is 4.79 Å². The van der Waals surface area contributed by atoms with Gasteiger partial charge >= 0.3 is 0 Å². The van der Waals surface area contributed by atoms with Crippen molar-refractivity contribution in [3.05, 3.63) is 71.5 Å². The van der Waals surface area contributed by atoms with Crippen LogP contribution in [0, 0.1) is 0 Å². The highest BCUT2D eigenvalue weighted by Crippen LogP contribution is 2.28. The molecule has 0 aliphatic carbocycles. The number of aromatic nitrogens is 4. The average molecular weight is 338 g/mol. The molecule has 4 aromatic rings. The van der Waals surface area contributed by atoms with Crippen molar-refractivity contribution in [2.75, 3.05) is 5.32 Å². The number of amides is 1. The van der Waals surface area contributed by atoms with Crippen molar-refractivity contribution in [2.45, 2.75) is 0 Å². The monoisotopic (exact) mass is 337 g/mol. The molecular formula is C17H12ClN5O. The number of hydrogen-bond acceptors (Lipinski definition) is 3. The first kappa shape index (κ1) is 14.5. The molecule has 0 unspecified atom stereocenters. The van der Waals surface area contributed by atoms with E-state index in [0.717, 1.165) is 5.52 Å². The molecule has 4 rings (SSSR count). The Morgan fingerprint density at radius 2 is 2.00 bits per heavy atom. The topological polar surface area (TPSA) is 75.6 Å². The molecule has 0 saturated heterocycles. The van der Waals surface area contributed by atoms with Crippen molar-refractivity contribution in [1.29, 1.82) is 0 Å². The van der Waals surface area contributed by atoms with Gasteiger partial charge in [-0.2, -0.15) is 5.10 Å². The smallest absolute Gasteiger partial charge is 0.255 e. The summed E-state index contributed by atoms with van der Waals surface area (Å²) in [5.74, 6) is 0.359. The predicted molar refractivity (Wildman–Crippen MR) is 92.6 cm³/mol. The molecule has 1 amide bonds. The first-order valence-electron chi connectivity index (χ1n) is 7.26. The first-order chi connectivity index (χ1) is 11.7. The van der Waals surface area contributed by atoms with Gasteiger partial charge in [-0.3, -0.25) is 4.79 Å². The number of benzene rings is 2. The first-order valence-corrected chi connectivity index (χ1v) is 7.64. The van der Waals surface area contributed by atoms with E-state index < -0.39 is 0 Å². The van der Waals surface area contributed by atoms with Gasteiger partial charge in [-0.1, -0.05) is 29.8 Å². The number of nitrogens with zero attached hydrogens (tertiary/aromatic N) is 3. The Morgan fingerprint density at radius 1 is 1.17 bits per heavy atom. The zero-order valence-electron chi connectivity index (χ0n) is 12.4. The summed E-state index contributed by atoms with van der Waals surface area (Å²) in [5, 5.41) is 7.38. The summed E-state index contributed by atoms with van der Waals surface area (Å²) in [6.45, 7) is 0. The van der Waals surface area contributed by atoms with E-state index in [9.17, 15) is 4.79 Å². The number of carbonyl (C=O) groups is 1. The van der Waals surface area contributed by atoms with Crippen LogP contribution in [0.1, 0.15) is 10.4 Å². The molecule has 24 heavy (non-hydrogen) atoms. The number of nitrogens with one attached hydrogen (secondary N) is 2. The van der Waals surface area contributed by atoms with Crippen molar-refractivity contribution in [2.24, 2.45) is 0 Å². The van der Waals surface area contributed by atoms with Crippen LogP contribution in [0.3, 0.4) is 0 Å². The maximum atomic E-state index is 12.3. The fourth-order valence-electron chi connectivity index (χ4n) is 2.40. The second-order valence-corrected chi connectivity index (χ2v) is 5.59. The third kappa shape index (κ3) is 2.63. The molecule has 2 aromatic carbocycles. The van der Waals surface area contributed by atoms with Gasteiger partial charge in [0.05, 0.1) is 21.7 Å². The largest absolute Gasteiger partial charge is 0.322 e. The summed E-state index contributed by atoms with van der Waals surface area (Å²) in [5.41, 5.74) is 2.53. The van der Waals surface area contributed by atoms with E-state index in [1.807, 2.05) is 24.3 Å². The molecule has 118 valence electrons. The van der Waals surface area contributed by atoms with Crippen molar-refractivity contribution in [3.63, 3.8) is 0 Å². The molecule has 6 nitrogen and oxygen atoms in total. The van der Waals surface area contributed by atoms with Gasteiger partial charge in [-0.25, -0.2) is 9.67 Å². The van der Waals surface area contributed by atoms with Crippen LogP contribution in [0.25, 0.3) is 17.0 Å². The normalized spacial score (nSPS) is 10.9. The van der Waals surface area contributed by atoms with Crippen LogP contribution in [0.4, 0.5) is 5.69 Å². The summed E-state index contributed by atoms with van der Waals surface area (Å²) < 4.78 is 1.62. The van der Waals surface area contributed by atoms with E-state index in [1.165, 1.54) is 0 Å². The van der Waals surface area contributed by atoms with Gasteiger partial charge in [0.1, 0.15) is 0 Å². The highest BCUT2D eigenvalue weighted by Gasteiger charge is 2.12. The molecule has 7 heteroatoms. The van der Waals surface area contributed by atoms with Gasteiger partial charge < -0.3 is 10.3 Å². The number of fused-ring (bicyclic) bond motifs is 1. The lowest BCUT2D eigenvalue weighted by Crippen LogP contribution is -2.11. The number of H-pyrrole nitrogens is 1. The molecular weight excluding hydrogens is 326 g/mol. The van der Waals surface area contributed by atoms with Crippen LogP contribution in [0.2, 0.25) is 5.02 Å². The molecule has 2 heterocycles. The quantitative estimate of drug-likeness (QED) is 0.599. The van der Waals surface area contributed by atoms with E-state index in [-0.39, 0.29) is 5.91 Å². The average Bonchev–Trinajstić information content (AvgIpc) is 3.25. The summed E-state index contributed by atoms with van der Waals surface area (Å²) >= 11 is 6.28. The zero-order valence-corrected chi connectivity index (χ0v) is 13.2. The highest BCUT2D eigenvalue weighted by atomic mass is 35.5. The van der Waals surface area contributed by atoms with Gasteiger partial charge in [0.25, 0.3) is 5.91 Å². The molecule has 0 aliphatic heterocycles. The lowest BCUT2D eigenvalue weighted by atomic mass is 10.2. The number of rotatable bonds is 3. The maximum absolute atomic E-state index is 12.3. The molecule has 0 fully saturated rings. The molecule has 0 atom stereocenters. The van der Waals surface area contributed by atoms with Crippen LogP contribution in [-0.2, 0) is 0 Å². The second-order valence-electron chi connectivity index (χ2n) is 5.18. The van der Waals surface area contributed by atoms with Crippen LogP contribution < -0.4 is 5.32 Å². The van der Waals surface area contributed by atoms with Crippen LogP contribution in [0.5, 0.6) is 0 Å². The Morgan fingerprint density at radius 3 is 2.75 bits per heavy atom. The molecule has 2 aromatic heterocycles. The molecule has 0 saturated carbocycles. The highest BCUT2D eigenvalue weighted by molar-refractivity contribution is 6.34. The van der Waals surface area contributed by atoms with E-state index in [2.05, 4.69) is 20.4 Å². The van der Waals surface area contributed by atoms with Crippen LogP contribution in [0.15, 0.2) is 60.9 Å². The van der Waals surface area contributed by atoms with E-state index in [0.29, 0.717) is 27.7 Å². The Labute approximate surface area is 142 Å². The zero-order chi connectivity index (χ0) is 16.5. The SMILES string of the molecule is O=C(Nc1cc2nc(-n3cccn3)[nH]c2cc1Cl)c1ccccc1. The van der Waals surface area contributed by atoms with Crippen LogP contribution in [-0.4, -0.2) is 25.7 Å². The molecule has 0 aliphatic rings. The van der Waals surface area contributed by atoms with Crippen molar-refractivity contribution in [1.82, 2.24) is 19.7 Å². The molecule has 0 bridgehead atoms. The minimum atomic E-state index is -0.223. The minimum absolute atomic E-state index is 0.223. The van der Waals surface area contributed by atoms with Gasteiger partial charge in [0, 0.05) is 18.0 Å². The van der Waals surface area contributed by atoms with Gasteiger partial charge in [0.15, 0.2) is 0 Å². The minimum Gasteiger partial charge on any atom is -0.322 e. The van der Waals surface area contributed by atoms with Gasteiger partial charge in [-0.15, -0.1) is 0 Å². The standard InChI is InChI=1S/C17H12ClN5O/c18-12-9-14-15(22-17(21-14)23-8-4-7-19-23)10-13(12)20-16(24)11-5-2-1-3-6-11/h1-10H,(H,20,24)(H,21,22). The third-order valence-electron chi connectivity index (χ3n) is 3.56. The number of anilines is 1.